The summed E-state index contributed by atoms with van der Waals surface area (Å²) in [6.07, 6.45) is 1.15. The van der Waals surface area contributed by atoms with Crippen molar-refractivity contribution in [1.82, 2.24) is 15.0 Å². The Morgan fingerprint density at radius 3 is 2.71 bits per heavy atom. The molecule has 84 valence electrons. The zero-order chi connectivity index (χ0) is 11.8. The minimum Gasteiger partial charge on any atom is -0.336 e. The highest BCUT2D eigenvalue weighted by molar-refractivity contribution is 6.30. The number of pyridine rings is 1. The number of imidazole rings is 1. The van der Waals surface area contributed by atoms with Crippen molar-refractivity contribution >= 4 is 22.8 Å². The van der Waals surface area contributed by atoms with Crippen LogP contribution in [0.4, 0.5) is 4.39 Å². The SMILES string of the molecule is Fc1cnc2nc(-c3ccc(Cl)cc3)[nH]c2c1. The van der Waals surface area contributed by atoms with Crippen molar-refractivity contribution in [2.45, 2.75) is 0 Å². The number of fused-ring (bicyclic) bond motifs is 1. The third kappa shape index (κ3) is 1.87. The molecule has 2 heterocycles. The zero-order valence-electron chi connectivity index (χ0n) is 8.61. The molecule has 2 aromatic heterocycles. The van der Waals surface area contributed by atoms with E-state index in [0.29, 0.717) is 22.0 Å². The molecule has 0 spiro atoms. The van der Waals surface area contributed by atoms with Crippen molar-refractivity contribution in [1.29, 1.82) is 0 Å². The number of aromatic amines is 1. The van der Waals surface area contributed by atoms with Crippen LogP contribution in [0.3, 0.4) is 0 Å². The minimum absolute atomic E-state index is 0.385. The van der Waals surface area contributed by atoms with Crippen LogP contribution >= 0.6 is 11.6 Å². The first-order valence-corrected chi connectivity index (χ1v) is 5.37. The van der Waals surface area contributed by atoms with Gasteiger partial charge in [-0.3, -0.25) is 0 Å². The number of H-pyrrole nitrogens is 1. The van der Waals surface area contributed by atoms with Crippen LogP contribution in [-0.2, 0) is 0 Å². The van der Waals surface area contributed by atoms with Crippen molar-refractivity contribution in [2.24, 2.45) is 0 Å². The van der Waals surface area contributed by atoms with Gasteiger partial charge >= 0.3 is 0 Å². The number of nitrogens with zero attached hydrogens (tertiary/aromatic N) is 2. The Bertz CT molecular complexity index is 676. The lowest BCUT2D eigenvalue weighted by molar-refractivity contribution is 0.624. The summed E-state index contributed by atoms with van der Waals surface area (Å²) in [5, 5.41) is 0.661. The fourth-order valence-corrected chi connectivity index (χ4v) is 1.75. The lowest BCUT2D eigenvalue weighted by atomic mass is 10.2. The summed E-state index contributed by atoms with van der Waals surface area (Å²) >= 11 is 5.81. The van der Waals surface area contributed by atoms with Gasteiger partial charge in [0.15, 0.2) is 5.65 Å². The monoisotopic (exact) mass is 247 g/mol. The summed E-state index contributed by atoms with van der Waals surface area (Å²) in [7, 11) is 0. The second-order valence-electron chi connectivity index (χ2n) is 3.62. The average molecular weight is 248 g/mol. The maximum Gasteiger partial charge on any atom is 0.178 e. The van der Waals surface area contributed by atoms with E-state index in [9.17, 15) is 4.39 Å². The molecule has 0 aliphatic carbocycles. The number of halogens is 2. The van der Waals surface area contributed by atoms with Gasteiger partial charge in [0.05, 0.1) is 11.7 Å². The smallest absolute Gasteiger partial charge is 0.178 e. The van der Waals surface area contributed by atoms with E-state index >= 15 is 0 Å². The summed E-state index contributed by atoms with van der Waals surface area (Å²) in [5.74, 6) is 0.263. The second kappa shape index (κ2) is 3.82. The van der Waals surface area contributed by atoms with E-state index in [0.717, 1.165) is 11.8 Å². The molecule has 5 heteroatoms. The van der Waals surface area contributed by atoms with Gasteiger partial charge in [-0.05, 0) is 24.3 Å². The van der Waals surface area contributed by atoms with E-state index in [1.54, 1.807) is 12.1 Å². The highest BCUT2D eigenvalue weighted by Gasteiger charge is 2.06. The van der Waals surface area contributed by atoms with Gasteiger partial charge in [0.2, 0.25) is 0 Å². The molecule has 3 aromatic rings. The molecule has 0 unspecified atom stereocenters. The minimum atomic E-state index is -0.385. The summed E-state index contributed by atoms with van der Waals surface area (Å²) < 4.78 is 13.0. The van der Waals surface area contributed by atoms with E-state index in [2.05, 4.69) is 15.0 Å². The van der Waals surface area contributed by atoms with Crippen LogP contribution < -0.4 is 0 Å². The molecule has 3 rings (SSSR count). The lowest BCUT2D eigenvalue weighted by Crippen LogP contribution is -1.79. The Morgan fingerprint density at radius 1 is 1.18 bits per heavy atom. The van der Waals surface area contributed by atoms with E-state index in [1.165, 1.54) is 6.07 Å². The first-order chi connectivity index (χ1) is 8.22. The predicted octanol–water partition coefficient (Wildman–Crippen LogP) is 3.42. The molecule has 0 bridgehead atoms. The van der Waals surface area contributed by atoms with Gasteiger partial charge in [0.1, 0.15) is 11.6 Å². The quantitative estimate of drug-likeness (QED) is 0.716. The number of aromatic nitrogens is 3. The maximum atomic E-state index is 13.0. The molecule has 17 heavy (non-hydrogen) atoms. The topological polar surface area (TPSA) is 41.6 Å². The van der Waals surface area contributed by atoms with Crippen LogP contribution in [-0.4, -0.2) is 15.0 Å². The molecule has 0 aliphatic rings. The summed E-state index contributed by atoms with van der Waals surface area (Å²) in [6, 6.07) is 8.61. The highest BCUT2D eigenvalue weighted by atomic mass is 35.5. The maximum absolute atomic E-state index is 13.0. The fourth-order valence-electron chi connectivity index (χ4n) is 1.62. The number of nitrogens with one attached hydrogen (secondary N) is 1. The number of hydrogen-bond donors (Lipinski definition) is 1. The molecule has 0 fully saturated rings. The number of benzene rings is 1. The molecular formula is C12H7ClFN3. The molecule has 3 nitrogen and oxygen atoms in total. The molecule has 1 N–H and O–H groups in total. The standard InChI is InChI=1S/C12H7ClFN3/c13-8-3-1-7(2-4-8)11-16-10-5-9(14)6-15-12(10)17-11/h1-6H,(H,15,16,17). The average Bonchev–Trinajstić information content (AvgIpc) is 2.72. The molecule has 0 aliphatic heterocycles. The first kappa shape index (κ1) is 10.2. The Hall–Kier alpha value is -1.94. The van der Waals surface area contributed by atoms with Crippen LogP contribution in [0, 0.1) is 5.82 Å². The number of rotatable bonds is 1. The van der Waals surface area contributed by atoms with Gasteiger partial charge in [0, 0.05) is 16.7 Å². The van der Waals surface area contributed by atoms with Gasteiger partial charge in [0.25, 0.3) is 0 Å². The highest BCUT2D eigenvalue weighted by Crippen LogP contribution is 2.21. The lowest BCUT2D eigenvalue weighted by Gasteiger charge is -1.95. The van der Waals surface area contributed by atoms with Crippen LogP contribution in [0.5, 0.6) is 0 Å². The molecule has 0 atom stereocenters. The van der Waals surface area contributed by atoms with Crippen molar-refractivity contribution in [3.8, 4) is 11.4 Å². The predicted molar refractivity (Wildman–Crippen MR) is 64.3 cm³/mol. The van der Waals surface area contributed by atoms with E-state index in [-0.39, 0.29) is 5.82 Å². The Kier molecular flexibility index (Phi) is 2.30. The molecule has 0 saturated carbocycles. The second-order valence-corrected chi connectivity index (χ2v) is 4.05. The fraction of sp³-hybridized carbons (Fsp3) is 0. The molecule has 0 amide bonds. The van der Waals surface area contributed by atoms with Crippen LogP contribution in [0.25, 0.3) is 22.6 Å². The van der Waals surface area contributed by atoms with Crippen LogP contribution in [0.2, 0.25) is 5.02 Å². The Balaban J connectivity index is 2.14. The summed E-state index contributed by atoms with van der Waals surface area (Å²) in [5.41, 5.74) is 1.96. The van der Waals surface area contributed by atoms with Gasteiger partial charge in [-0.1, -0.05) is 11.6 Å². The Morgan fingerprint density at radius 2 is 1.94 bits per heavy atom. The summed E-state index contributed by atoms with van der Waals surface area (Å²) in [6.45, 7) is 0. The van der Waals surface area contributed by atoms with Gasteiger partial charge in [-0.2, -0.15) is 0 Å². The molecule has 1 aromatic carbocycles. The summed E-state index contributed by atoms with van der Waals surface area (Å²) in [4.78, 5) is 11.2. The van der Waals surface area contributed by atoms with Crippen molar-refractivity contribution < 1.29 is 4.39 Å². The van der Waals surface area contributed by atoms with Crippen LogP contribution in [0.1, 0.15) is 0 Å². The van der Waals surface area contributed by atoms with Crippen molar-refractivity contribution in [2.75, 3.05) is 0 Å². The van der Waals surface area contributed by atoms with Gasteiger partial charge < -0.3 is 4.98 Å². The normalized spacial score (nSPS) is 10.9. The first-order valence-electron chi connectivity index (χ1n) is 4.99. The van der Waals surface area contributed by atoms with E-state index in [1.807, 2.05) is 12.1 Å². The van der Waals surface area contributed by atoms with Gasteiger partial charge in [-0.25, -0.2) is 14.4 Å². The molecule has 0 saturated heterocycles. The van der Waals surface area contributed by atoms with E-state index in [4.69, 9.17) is 11.6 Å². The third-order valence-corrected chi connectivity index (χ3v) is 2.67. The Labute approximate surface area is 101 Å². The number of hydrogen-bond acceptors (Lipinski definition) is 2. The third-order valence-electron chi connectivity index (χ3n) is 2.42. The van der Waals surface area contributed by atoms with Crippen LogP contribution in [0.15, 0.2) is 36.5 Å². The van der Waals surface area contributed by atoms with Crippen molar-refractivity contribution in [3.63, 3.8) is 0 Å². The van der Waals surface area contributed by atoms with E-state index < -0.39 is 0 Å². The van der Waals surface area contributed by atoms with Gasteiger partial charge in [-0.15, -0.1) is 0 Å². The molecular weight excluding hydrogens is 241 g/mol. The largest absolute Gasteiger partial charge is 0.336 e. The molecule has 0 radical (unpaired) electrons. The van der Waals surface area contributed by atoms with Crippen molar-refractivity contribution in [3.05, 3.63) is 47.4 Å². The zero-order valence-corrected chi connectivity index (χ0v) is 9.37.